The summed E-state index contributed by atoms with van der Waals surface area (Å²) in [5.74, 6) is -1.70. The van der Waals surface area contributed by atoms with Crippen molar-refractivity contribution in [2.24, 2.45) is 0 Å². The Morgan fingerprint density at radius 2 is 1.78 bits per heavy atom. The molecule has 1 aliphatic carbocycles. The van der Waals surface area contributed by atoms with Gasteiger partial charge in [-0.2, -0.15) is 0 Å². The number of hydrogen-bond donors (Lipinski definition) is 1. The minimum Gasteiger partial charge on any atom is -0.481 e. The Hall–Kier alpha value is -2.13. The van der Waals surface area contributed by atoms with Crippen molar-refractivity contribution in [3.8, 4) is 0 Å². The van der Waals surface area contributed by atoms with Crippen molar-refractivity contribution >= 4 is 44.9 Å². The van der Waals surface area contributed by atoms with E-state index >= 15 is 0 Å². The third-order valence-electron chi connectivity index (χ3n) is 7.03. The summed E-state index contributed by atoms with van der Waals surface area (Å²) in [6.45, 7) is 3.29. The zero-order chi connectivity index (χ0) is 26.2. The minimum atomic E-state index is -3.53. The Balaban J connectivity index is 1.90. The Labute approximate surface area is 221 Å². The van der Waals surface area contributed by atoms with Gasteiger partial charge in [0.25, 0.3) is 5.91 Å². The van der Waals surface area contributed by atoms with Crippen molar-refractivity contribution in [3.63, 3.8) is 0 Å². The summed E-state index contributed by atoms with van der Waals surface area (Å²) in [6.07, 6.45) is -0.991. The van der Waals surface area contributed by atoms with Gasteiger partial charge in [-0.3, -0.25) is 9.59 Å². The highest BCUT2D eigenvalue weighted by atomic mass is 35.5. The van der Waals surface area contributed by atoms with E-state index in [0.29, 0.717) is 40.4 Å². The first-order chi connectivity index (χ1) is 17.0. The molecule has 2 aliphatic rings. The number of ether oxygens (including phenoxy) is 1. The number of carboxylic acid groups (broad SMARTS) is 1. The number of halogens is 2. The monoisotopic (exact) mass is 553 g/mol. The third-order valence-corrected chi connectivity index (χ3v) is 10.2. The first-order valence-corrected chi connectivity index (χ1v) is 14.3. The zero-order valence-electron chi connectivity index (χ0n) is 20.0. The van der Waals surface area contributed by atoms with Crippen LogP contribution in [0.2, 0.25) is 10.0 Å². The van der Waals surface area contributed by atoms with E-state index in [1.54, 1.807) is 61.2 Å². The van der Waals surface area contributed by atoms with E-state index in [4.69, 9.17) is 27.9 Å². The molecule has 1 N–H and O–H groups in total. The lowest BCUT2D eigenvalue weighted by Crippen LogP contribution is -2.58. The van der Waals surface area contributed by atoms with Crippen LogP contribution in [-0.2, 0) is 24.2 Å². The second-order valence-corrected chi connectivity index (χ2v) is 13.2. The van der Waals surface area contributed by atoms with Crippen molar-refractivity contribution in [2.45, 2.75) is 74.3 Å². The van der Waals surface area contributed by atoms with Gasteiger partial charge in [-0.05, 0) is 68.5 Å². The summed E-state index contributed by atoms with van der Waals surface area (Å²) in [4.78, 5) is 27.1. The number of carbonyl (C=O) groups excluding carboxylic acids is 1. The van der Waals surface area contributed by atoms with Gasteiger partial charge < -0.3 is 14.7 Å². The lowest BCUT2D eigenvalue weighted by molar-refractivity contribution is -0.183. The second-order valence-electron chi connectivity index (χ2n) is 9.61. The molecule has 0 bridgehead atoms. The standard InChI is InChI=1S/C26H29Cl2NO6S/c1-15(2)36(33,34)22-8-4-7-20(22)29-24(16-9-11-18(27)12-10-16)25(17-5-3-6-19(28)13-17)35-21(26(29)32)14-23(30)31/h3,5-6,9-13,15,20-22,24-25H,4,7-8,14H2,1-2H3,(H,30,31)/t20-,21+,22-,24-,25-/m1/s1. The molecule has 1 saturated heterocycles. The molecule has 4 rings (SSSR count). The molecule has 1 heterocycles. The average Bonchev–Trinajstić information content (AvgIpc) is 3.30. The third kappa shape index (κ3) is 5.28. The molecule has 5 atom stereocenters. The Morgan fingerprint density at radius 1 is 1.08 bits per heavy atom. The summed E-state index contributed by atoms with van der Waals surface area (Å²) in [5.41, 5.74) is 1.37. The molecular weight excluding hydrogens is 525 g/mol. The number of amides is 1. The van der Waals surface area contributed by atoms with E-state index < -0.39 is 62.9 Å². The van der Waals surface area contributed by atoms with Crippen LogP contribution < -0.4 is 0 Å². The van der Waals surface area contributed by atoms with Crippen LogP contribution in [0.3, 0.4) is 0 Å². The number of carbonyl (C=O) groups is 2. The number of rotatable bonds is 7. The van der Waals surface area contributed by atoms with Crippen molar-refractivity contribution in [1.82, 2.24) is 4.90 Å². The summed E-state index contributed by atoms with van der Waals surface area (Å²) in [7, 11) is -3.53. The molecule has 36 heavy (non-hydrogen) atoms. The van der Waals surface area contributed by atoms with Crippen LogP contribution in [0.25, 0.3) is 0 Å². The van der Waals surface area contributed by atoms with Crippen LogP contribution in [0.15, 0.2) is 48.5 Å². The highest BCUT2D eigenvalue weighted by Gasteiger charge is 2.52. The van der Waals surface area contributed by atoms with Crippen molar-refractivity contribution < 1.29 is 27.9 Å². The average molecular weight is 554 g/mol. The molecule has 1 aliphatic heterocycles. The first kappa shape index (κ1) is 26.9. The molecule has 2 aromatic carbocycles. The Morgan fingerprint density at radius 3 is 2.39 bits per heavy atom. The molecule has 0 radical (unpaired) electrons. The van der Waals surface area contributed by atoms with Crippen LogP contribution in [0.1, 0.15) is 62.8 Å². The van der Waals surface area contributed by atoms with Gasteiger partial charge >= 0.3 is 5.97 Å². The Bertz CT molecular complexity index is 1230. The highest BCUT2D eigenvalue weighted by molar-refractivity contribution is 7.92. The number of sulfone groups is 1. The normalized spacial score (nSPS) is 27.0. The number of aliphatic carboxylic acids is 1. The fourth-order valence-corrected chi connectivity index (χ4v) is 7.54. The van der Waals surface area contributed by atoms with Crippen LogP contribution in [0.4, 0.5) is 0 Å². The fraction of sp³-hybridized carbons (Fsp3) is 0.462. The van der Waals surface area contributed by atoms with Gasteiger partial charge in [-0.1, -0.05) is 47.5 Å². The van der Waals surface area contributed by atoms with E-state index in [-0.39, 0.29) is 0 Å². The van der Waals surface area contributed by atoms with Gasteiger partial charge in [0, 0.05) is 16.1 Å². The van der Waals surface area contributed by atoms with E-state index in [2.05, 4.69) is 0 Å². The molecule has 1 saturated carbocycles. The molecular formula is C26H29Cl2NO6S. The van der Waals surface area contributed by atoms with Gasteiger partial charge in [-0.15, -0.1) is 0 Å². The summed E-state index contributed by atoms with van der Waals surface area (Å²) in [5, 5.41) is 9.14. The minimum absolute atomic E-state index is 0.439. The topological polar surface area (TPSA) is 101 Å². The van der Waals surface area contributed by atoms with Gasteiger partial charge in [-0.25, -0.2) is 8.42 Å². The number of carboxylic acids is 1. The molecule has 0 unspecified atom stereocenters. The molecule has 0 aromatic heterocycles. The van der Waals surface area contributed by atoms with Gasteiger partial charge in [0.2, 0.25) is 0 Å². The predicted octanol–water partition coefficient (Wildman–Crippen LogP) is 5.22. The molecule has 7 nitrogen and oxygen atoms in total. The maximum atomic E-state index is 13.9. The largest absolute Gasteiger partial charge is 0.481 e. The van der Waals surface area contributed by atoms with Gasteiger partial charge in [0.1, 0.15) is 12.2 Å². The molecule has 2 fully saturated rings. The summed E-state index contributed by atoms with van der Waals surface area (Å²) >= 11 is 12.4. The van der Waals surface area contributed by atoms with Crippen molar-refractivity contribution in [1.29, 1.82) is 0 Å². The SMILES string of the molecule is CC(C)S(=O)(=O)[C@@H]1CCC[C@H]1N1C(=O)[C@H](CC(=O)O)O[C@H](c2cccc(Cl)c2)[C@H]1c1ccc(Cl)cc1. The second kappa shape index (κ2) is 10.7. The fourth-order valence-electron chi connectivity index (χ4n) is 5.32. The maximum Gasteiger partial charge on any atom is 0.306 e. The van der Waals surface area contributed by atoms with E-state index in [1.807, 2.05) is 6.07 Å². The molecule has 194 valence electrons. The highest BCUT2D eigenvalue weighted by Crippen LogP contribution is 2.47. The van der Waals surface area contributed by atoms with Crippen molar-refractivity contribution in [2.75, 3.05) is 0 Å². The van der Waals surface area contributed by atoms with Crippen LogP contribution in [0.5, 0.6) is 0 Å². The lowest BCUT2D eigenvalue weighted by Gasteiger charge is -2.48. The van der Waals surface area contributed by atoms with Gasteiger partial charge in [0.15, 0.2) is 9.84 Å². The van der Waals surface area contributed by atoms with Crippen LogP contribution in [-0.4, -0.2) is 52.9 Å². The number of benzene rings is 2. The molecule has 10 heteroatoms. The lowest BCUT2D eigenvalue weighted by atomic mass is 9.89. The van der Waals surface area contributed by atoms with Crippen LogP contribution in [0, 0.1) is 0 Å². The predicted molar refractivity (Wildman–Crippen MR) is 138 cm³/mol. The quantitative estimate of drug-likeness (QED) is 0.504. The number of nitrogens with zero attached hydrogens (tertiary/aromatic N) is 1. The van der Waals surface area contributed by atoms with Crippen LogP contribution >= 0.6 is 23.2 Å². The van der Waals surface area contributed by atoms with E-state index in [1.165, 1.54) is 0 Å². The summed E-state index contributed by atoms with van der Waals surface area (Å²) in [6, 6.07) is 12.7. The van der Waals surface area contributed by atoms with E-state index in [9.17, 15) is 23.1 Å². The molecule has 2 aromatic rings. The summed E-state index contributed by atoms with van der Waals surface area (Å²) < 4.78 is 32.9. The smallest absolute Gasteiger partial charge is 0.306 e. The molecule has 1 amide bonds. The van der Waals surface area contributed by atoms with E-state index in [0.717, 1.165) is 0 Å². The van der Waals surface area contributed by atoms with Gasteiger partial charge in [0.05, 0.1) is 23.0 Å². The first-order valence-electron chi connectivity index (χ1n) is 11.9. The van der Waals surface area contributed by atoms with Crippen molar-refractivity contribution in [3.05, 3.63) is 69.7 Å². The zero-order valence-corrected chi connectivity index (χ0v) is 22.3. The maximum absolute atomic E-state index is 13.9. The Kier molecular flexibility index (Phi) is 8.00. The number of morpholine rings is 1. The molecule has 0 spiro atoms. The number of hydrogen-bond acceptors (Lipinski definition) is 5.